The first-order chi connectivity index (χ1) is 10.5. The van der Waals surface area contributed by atoms with Gasteiger partial charge in [-0.05, 0) is 34.7 Å². The summed E-state index contributed by atoms with van der Waals surface area (Å²) in [7, 11) is -0.986. The second-order valence-corrected chi connectivity index (χ2v) is 9.53. The zero-order chi connectivity index (χ0) is 17.8. The van der Waals surface area contributed by atoms with Gasteiger partial charge in [0.05, 0.1) is 12.4 Å². The van der Waals surface area contributed by atoms with Crippen LogP contribution in [0, 0.1) is 3.70 Å². The minimum absolute atomic E-state index is 0.571. The molecule has 130 valence electrons. The molecule has 0 aromatic carbocycles. The molecule has 0 bridgehead atoms. The summed E-state index contributed by atoms with van der Waals surface area (Å²) in [4.78, 5) is 0. The fourth-order valence-electron chi connectivity index (χ4n) is 1.16. The van der Waals surface area contributed by atoms with Gasteiger partial charge in [-0.2, -0.15) is 39.7 Å². The fourth-order valence-corrected chi connectivity index (χ4v) is 3.69. The summed E-state index contributed by atoms with van der Waals surface area (Å²) in [6.45, 7) is 0. The number of hydrogen-bond donors (Lipinski definition) is 0. The highest BCUT2D eigenvalue weighted by molar-refractivity contribution is 14.1. The second kappa shape index (κ2) is 7.69. The number of rotatable bonds is 4. The van der Waals surface area contributed by atoms with E-state index in [2.05, 4.69) is 10.2 Å². The highest BCUT2D eigenvalue weighted by Crippen LogP contribution is 2.07. The van der Waals surface area contributed by atoms with E-state index in [-0.39, 0.29) is 0 Å². The first kappa shape index (κ1) is 20.0. The van der Waals surface area contributed by atoms with Gasteiger partial charge in [-0.1, -0.05) is 0 Å². The van der Waals surface area contributed by atoms with Gasteiger partial charge in [0, 0.05) is 34.4 Å². The number of nitrogens with zero attached hydrogens (tertiary/aromatic N) is 6. The molecule has 2 rings (SSSR count). The predicted molar refractivity (Wildman–Crippen MR) is 93.2 cm³/mol. The fraction of sp³-hybridized carbons (Fsp3) is 0.400. The Morgan fingerprint density at radius 1 is 0.957 bits per heavy atom. The Labute approximate surface area is 149 Å². The summed E-state index contributed by atoms with van der Waals surface area (Å²) >= 11 is 1.91. The van der Waals surface area contributed by atoms with Crippen LogP contribution >= 0.6 is 22.6 Å². The zero-order valence-electron chi connectivity index (χ0n) is 12.9. The molecule has 0 fully saturated rings. The summed E-state index contributed by atoms with van der Waals surface area (Å²) < 4.78 is 50.0. The Hall–Kier alpha value is -1.03. The largest absolute Gasteiger partial charge is 0.323 e. The van der Waals surface area contributed by atoms with Crippen molar-refractivity contribution in [3.05, 3.63) is 34.4 Å². The number of aromatic nitrogens is 4. The molecule has 0 aliphatic heterocycles. The van der Waals surface area contributed by atoms with Crippen LogP contribution in [0.15, 0.2) is 30.7 Å². The molecule has 0 aliphatic rings. The molecular weight excluding hydrogens is 459 g/mol. The molecule has 0 atom stereocenters. The molecule has 2 heterocycles. The van der Waals surface area contributed by atoms with E-state index in [9.17, 15) is 16.8 Å². The predicted octanol–water partition coefficient (Wildman–Crippen LogP) is -0.320. The van der Waals surface area contributed by atoms with Crippen LogP contribution in [0.1, 0.15) is 0 Å². The van der Waals surface area contributed by atoms with Crippen LogP contribution in [0.5, 0.6) is 0 Å². The van der Waals surface area contributed by atoms with Gasteiger partial charge in [-0.25, -0.2) is 0 Å². The molecule has 2 aromatic heterocycles. The smallest absolute Gasteiger partial charge is 0.189 e. The third-order valence-electron chi connectivity index (χ3n) is 2.42. The van der Waals surface area contributed by atoms with E-state index in [1.54, 1.807) is 12.1 Å². The summed E-state index contributed by atoms with van der Waals surface area (Å²) in [5, 5.41) is 7.28. The van der Waals surface area contributed by atoms with Crippen LogP contribution in [-0.2, 0) is 20.4 Å². The normalized spacial score (nSPS) is 12.3. The van der Waals surface area contributed by atoms with E-state index in [4.69, 9.17) is 0 Å². The van der Waals surface area contributed by atoms with E-state index in [1.165, 1.54) is 46.8 Å². The van der Waals surface area contributed by atoms with Crippen LogP contribution in [0.4, 0.5) is 0 Å². The second-order valence-electron chi connectivity index (χ2n) is 4.46. The molecule has 10 nitrogen and oxygen atoms in total. The number of hydrogen-bond acceptors (Lipinski definition) is 6. The van der Waals surface area contributed by atoms with Crippen molar-refractivity contribution in [3.8, 4) is 0 Å². The summed E-state index contributed by atoms with van der Waals surface area (Å²) in [6.07, 6.45) is 4.25. The maximum atomic E-state index is 11.4. The molecule has 0 saturated heterocycles. The molecule has 0 radical (unpaired) electrons. The molecule has 0 unspecified atom stereocenters. The third-order valence-corrected chi connectivity index (χ3v) is 6.83. The maximum Gasteiger partial charge on any atom is 0.323 e. The minimum atomic E-state index is -3.43. The number of halogens is 1. The minimum Gasteiger partial charge on any atom is -0.189 e. The molecule has 0 aliphatic carbocycles. The molecule has 0 N–H and O–H groups in total. The van der Waals surface area contributed by atoms with Crippen LogP contribution < -0.4 is 0 Å². The van der Waals surface area contributed by atoms with Gasteiger partial charge in [0.15, 0.2) is 0 Å². The van der Waals surface area contributed by atoms with Crippen LogP contribution in [-0.4, -0.2) is 72.0 Å². The summed E-state index contributed by atoms with van der Waals surface area (Å²) in [6, 6.07) is 3.18. The Kier molecular flexibility index (Phi) is 6.70. The van der Waals surface area contributed by atoms with E-state index in [1.807, 2.05) is 22.6 Å². The van der Waals surface area contributed by atoms with Crippen molar-refractivity contribution in [1.82, 2.24) is 27.0 Å². The van der Waals surface area contributed by atoms with Gasteiger partial charge in [0.25, 0.3) is 0 Å². The Morgan fingerprint density at radius 2 is 1.52 bits per heavy atom. The monoisotopic (exact) mass is 476 g/mol. The van der Waals surface area contributed by atoms with Crippen molar-refractivity contribution in [1.29, 1.82) is 0 Å². The van der Waals surface area contributed by atoms with Gasteiger partial charge < -0.3 is 0 Å². The summed E-state index contributed by atoms with van der Waals surface area (Å²) in [5.74, 6) is 0. The Balaban J connectivity index is 0.000000231. The van der Waals surface area contributed by atoms with Crippen molar-refractivity contribution < 1.29 is 16.8 Å². The highest BCUT2D eigenvalue weighted by Gasteiger charge is 2.18. The van der Waals surface area contributed by atoms with Crippen molar-refractivity contribution >= 4 is 43.0 Å². The van der Waals surface area contributed by atoms with Crippen molar-refractivity contribution in [2.75, 3.05) is 28.2 Å². The third kappa shape index (κ3) is 4.72. The van der Waals surface area contributed by atoms with Gasteiger partial charge >= 0.3 is 20.4 Å². The Morgan fingerprint density at radius 3 is 1.87 bits per heavy atom. The van der Waals surface area contributed by atoms with Crippen LogP contribution in [0.3, 0.4) is 0 Å². The lowest BCUT2D eigenvalue weighted by molar-refractivity contribution is 0.502. The molecule has 0 saturated carbocycles. The van der Waals surface area contributed by atoms with Gasteiger partial charge in [0.2, 0.25) is 0 Å². The van der Waals surface area contributed by atoms with Crippen molar-refractivity contribution in [2.45, 2.75) is 0 Å². The zero-order valence-corrected chi connectivity index (χ0v) is 16.7. The first-order valence-electron chi connectivity index (χ1n) is 6.06. The molecule has 23 heavy (non-hydrogen) atoms. The van der Waals surface area contributed by atoms with Crippen molar-refractivity contribution in [2.24, 2.45) is 0 Å². The molecular formula is C10H17IN6O4S2. The molecule has 0 spiro atoms. The Bertz CT molecular complexity index is 827. The van der Waals surface area contributed by atoms with Crippen LogP contribution in [0.25, 0.3) is 0 Å². The van der Waals surface area contributed by atoms with Crippen molar-refractivity contribution in [3.63, 3.8) is 0 Å². The lowest BCUT2D eigenvalue weighted by Crippen LogP contribution is -2.30. The van der Waals surface area contributed by atoms with E-state index < -0.39 is 20.4 Å². The lowest BCUT2D eigenvalue weighted by atomic mass is 10.8. The topological polar surface area (TPSA) is 110 Å². The van der Waals surface area contributed by atoms with Crippen LogP contribution in [0.2, 0.25) is 0 Å². The van der Waals surface area contributed by atoms with Gasteiger partial charge in [-0.3, -0.25) is 0 Å². The van der Waals surface area contributed by atoms with Gasteiger partial charge in [-0.15, -0.1) is 4.09 Å². The summed E-state index contributed by atoms with van der Waals surface area (Å²) in [5.41, 5.74) is 0. The molecule has 2 aromatic rings. The van der Waals surface area contributed by atoms with E-state index >= 15 is 0 Å². The average molecular weight is 476 g/mol. The standard InChI is InChI=1S/C5H8IN3O2S.C5H9N3O2S/c1-8(2)12(10,11)9-5(6)3-4-7-9;1-7(2)11(9,10)8-5-3-4-6-8/h3-4H,1-2H3;3-5H,1-2H3. The first-order valence-corrected chi connectivity index (χ1v) is 9.93. The van der Waals surface area contributed by atoms with E-state index in [0.29, 0.717) is 3.70 Å². The SMILES string of the molecule is CN(C)S(=O)(=O)n1cccn1.CN(C)S(=O)(=O)n1nccc1I. The molecule has 0 amide bonds. The van der Waals surface area contributed by atoms with E-state index in [0.717, 1.165) is 16.8 Å². The molecule has 13 heteroatoms. The maximum absolute atomic E-state index is 11.4. The average Bonchev–Trinajstić information content (AvgIpc) is 3.09. The van der Waals surface area contributed by atoms with Gasteiger partial charge in [0.1, 0.15) is 3.70 Å². The quantitative estimate of drug-likeness (QED) is 0.560. The lowest BCUT2D eigenvalue weighted by Gasteiger charge is -2.11. The highest BCUT2D eigenvalue weighted by atomic mass is 127.